The molecule has 0 atom stereocenters. The van der Waals surface area contributed by atoms with Crippen LogP contribution in [0.25, 0.3) is 0 Å². The SMILES string of the molecule is Cc1ccc(C(C)C)c(OCCC(C)(C)C#N)c1. The van der Waals surface area contributed by atoms with E-state index in [9.17, 15) is 0 Å². The minimum atomic E-state index is -0.318. The molecule has 0 unspecified atom stereocenters. The third-order valence-electron chi connectivity index (χ3n) is 3.08. The zero-order valence-corrected chi connectivity index (χ0v) is 12.1. The molecule has 0 aliphatic carbocycles. The van der Waals surface area contributed by atoms with Crippen molar-refractivity contribution in [2.45, 2.75) is 47.0 Å². The summed E-state index contributed by atoms with van der Waals surface area (Å²) >= 11 is 0. The number of ether oxygens (including phenoxy) is 1. The molecule has 2 heteroatoms. The van der Waals surface area contributed by atoms with Crippen molar-refractivity contribution in [2.24, 2.45) is 5.41 Å². The molecule has 1 rings (SSSR count). The van der Waals surface area contributed by atoms with Crippen LogP contribution in [0, 0.1) is 23.7 Å². The first-order valence-electron chi connectivity index (χ1n) is 6.50. The molecule has 0 N–H and O–H groups in total. The van der Waals surface area contributed by atoms with E-state index in [1.165, 1.54) is 11.1 Å². The van der Waals surface area contributed by atoms with Crippen molar-refractivity contribution in [1.82, 2.24) is 0 Å². The lowest BCUT2D eigenvalue weighted by atomic mass is 9.92. The van der Waals surface area contributed by atoms with Gasteiger partial charge in [-0.05, 0) is 50.3 Å². The fraction of sp³-hybridized carbons (Fsp3) is 0.562. The first-order chi connectivity index (χ1) is 8.35. The van der Waals surface area contributed by atoms with Crippen molar-refractivity contribution in [3.8, 4) is 11.8 Å². The average molecular weight is 245 g/mol. The summed E-state index contributed by atoms with van der Waals surface area (Å²) in [4.78, 5) is 0. The van der Waals surface area contributed by atoms with Crippen LogP contribution in [-0.2, 0) is 0 Å². The lowest BCUT2D eigenvalue weighted by molar-refractivity contribution is 0.261. The zero-order valence-electron chi connectivity index (χ0n) is 12.1. The highest BCUT2D eigenvalue weighted by atomic mass is 16.5. The van der Waals surface area contributed by atoms with Gasteiger partial charge in [0.1, 0.15) is 5.75 Å². The Kier molecular flexibility index (Phi) is 4.78. The topological polar surface area (TPSA) is 33.0 Å². The molecule has 98 valence electrons. The Balaban J connectivity index is 2.73. The largest absolute Gasteiger partial charge is 0.493 e. The minimum Gasteiger partial charge on any atom is -0.493 e. The van der Waals surface area contributed by atoms with Crippen LogP contribution in [0.3, 0.4) is 0 Å². The van der Waals surface area contributed by atoms with E-state index in [4.69, 9.17) is 10.00 Å². The number of nitriles is 1. The van der Waals surface area contributed by atoms with Crippen LogP contribution in [0.15, 0.2) is 18.2 Å². The molecule has 0 aliphatic rings. The van der Waals surface area contributed by atoms with Gasteiger partial charge < -0.3 is 4.74 Å². The molecule has 0 heterocycles. The molecule has 0 aliphatic heterocycles. The first-order valence-corrected chi connectivity index (χ1v) is 6.50. The molecule has 18 heavy (non-hydrogen) atoms. The molecule has 0 amide bonds. The Labute approximate surface area is 111 Å². The van der Waals surface area contributed by atoms with Gasteiger partial charge in [0.15, 0.2) is 0 Å². The lowest BCUT2D eigenvalue weighted by Crippen LogP contribution is -2.13. The van der Waals surface area contributed by atoms with Crippen LogP contribution in [-0.4, -0.2) is 6.61 Å². The van der Waals surface area contributed by atoms with Gasteiger partial charge in [-0.1, -0.05) is 26.0 Å². The Morgan fingerprint density at radius 3 is 2.56 bits per heavy atom. The maximum absolute atomic E-state index is 8.97. The fourth-order valence-electron chi connectivity index (χ4n) is 1.72. The molecule has 0 radical (unpaired) electrons. The number of hydrogen-bond acceptors (Lipinski definition) is 2. The van der Waals surface area contributed by atoms with Crippen molar-refractivity contribution in [3.63, 3.8) is 0 Å². The van der Waals surface area contributed by atoms with E-state index in [-0.39, 0.29) is 5.41 Å². The van der Waals surface area contributed by atoms with Gasteiger partial charge in [0.25, 0.3) is 0 Å². The summed E-state index contributed by atoms with van der Waals surface area (Å²) in [6, 6.07) is 8.62. The van der Waals surface area contributed by atoms with Gasteiger partial charge in [0, 0.05) is 0 Å². The summed E-state index contributed by atoms with van der Waals surface area (Å²) in [5.74, 6) is 1.41. The second kappa shape index (κ2) is 5.91. The number of aryl methyl sites for hydroxylation is 1. The Morgan fingerprint density at radius 1 is 1.33 bits per heavy atom. The van der Waals surface area contributed by atoms with E-state index < -0.39 is 0 Å². The lowest BCUT2D eigenvalue weighted by Gasteiger charge is -2.18. The van der Waals surface area contributed by atoms with E-state index in [0.717, 1.165) is 12.2 Å². The van der Waals surface area contributed by atoms with Crippen molar-refractivity contribution in [1.29, 1.82) is 5.26 Å². The summed E-state index contributed by atoms with van der Waals surface area (Å²) < 4.78 is 5.87. The van der Waals surface area contributed by atoms with Crippen LogP contribution in [0.4, 0.5) is 0 Å². The number of hydrogen-bond donors (Lipinski definition) is 0. The van der Waals surface area contributed by atoms with Gasteiger partial charge >= 0.3 is 0 Å². The van der Waals surface area contributed by atoms with Crippen molar-refractivity contribution in [2.75, 3.05) is 6.61 Å². The second-order valence-corrected chi connectivity index (χ2v) is 5.79. The molecule has 0 spiro atoms. The fourth-order valence-corrected chi connectivity index (χ4v) is 1.72. The maximum Gasteiger partial charge on any atom is 0.123 e. The molecule has 0 saturated carbocycles. The summed E-state index contributed by atoms with van der Waals surface area (Å²) in [6.45, 7) is 10.9. The van der Waals surface area contributed by atoms with Gasteiger partial charge in [-0.2, -0.15) is 5.26 Å². The third-order valence-corrected chi connectivity index (χ3v) is 3.08. The smallest absolute Gasteiger partial charge is 0.123 e. The predicted octanol–water partition coefficient (Wildman–Crippen LogP) is 4.44. The summed E-state index contributed by atoms with van der Waals surface area (Å²) in [7, 11) is 0. The molecule has 0 fully saturated rings. The highest BCUT2D eigenvalue weighted by Gasteiger charge is 2.17. The number of rotatable bonds is 5. The third kappa shape index (κ3) is 4.07. The monoisotopic (exact) mass is 245 g/mol. The Morgan fingerprint density at radius 2 is 2.00 bits per heavy atom. The van der Waals surface area contributed by atoms with Crippen molar-refractivity contribution < 1.29 is 4.74 Å². The quantitative estimate of drug-likeness (QED) is 0.768. The predicted molar refractivity (Wildman–Crippen MR) is 74.8 cm³/mol. The highest BCUT2D eigenvalue weighted by Crippen LogP contribution is 2.28. The van der Waals surface area contributed by atoms with Crippen LogP contribution in [0.5, 0.6) is 5.75 Å². The molecule has 2 nitrogen and oxygen atoms in total. The maximum atomic E-state index is 8.97. The molecule has 0 bridgehead atoms. The van der Waals surface area contributed by atoms with E-state index in [1.807, 2.05) is 13.8 Å². The van der Waals surface area contributed by atoms with Crippen LogP contribution in [0.2, 0.25) is 0 Å². The van der Waals surface area contributed by atoms with E-state index in [2.05, 4.69) is 45.0 Å². The van der Waals surface area contributed by atoms with Crippen LogP contribution < -0.4 is 4.74 Å². The van der Waals surface area contributed by atoms with Gasteiger partial charge in [-0.15, -0.1) is 0 Å². The van der Waals surface area contributed by atoms with E-state index >= 15 is 0 Å². The Hall–Kier alpha value is -1.49. The molecule has 1 aromatic rings. The van der Waals surface area contributed by atoms with E-state index in [1.54, 1.807) is 0 Å². The molecule has 0 aromatic heterocycles. The van der Waals surface area contributed by atoms with E-state index in [0.29, 0.717) is 12.5 Å². The van der Waals surface area contributed by atoms with Crippen LogP contribution >= 0.6 is 0 Å². The summed E-state index contributed by atoms with van der Waals surface area (Å²) in [5.41, 5.74) is 2.12. The zero-order chi connectivity index (χ0) is 13.8. The minimum absolute atomic E-state index is 0.318. The average Bonchev–Trinajstić information content (AvgIpc) is 2.28. The van der Waals surface area contributed by atoms with Gasteiger partial charge in [0.05, 0.1) is 18.1 Å². The normalized spacial score (nSPS) is 11.4. The molecule has 1 aromatic carbocycles. The standard InChI is InChI=1S/C16H23NO/c1-12(2)14-7-6-13(3)10-15(14)18-9-8-16(4,5)11-17/h6-7,10,12H,8-9H2,1-5H3. The first kappa shape index (κ1) is 14.6. The summed E-state index contributed by atoms with van der Waals surface area (Å²) in [5, 5.41) is 8.97. The number of benzene rings is 1. The molecular formula is C16H23NO. The highest BCUT2D eigenvalue weighted by molar-refractivity contribution is 5.39. The molecular weight excluding hydrogens is 222 g/mol. The summed E-state index contributed by atoms with van der Waals surface area (Å²) in [6.07, 6.45) is 0.745. The number of nitrogens with zero attached hydrogens (tertiary/aromatic N) is 1. The molecule has 0 saturated heterocycles. The van der Waals surface area contributed by atoms with Crippen molar-refractivity contribution in [3.05, 3.63) is 29.3 Å². The van der Waals surface area contributed by atoms with Gasteiger partial charge in [0.2, 0.25) is 0 Å². The van der Waals surface area contributed by atoms with Gasteiger partial charge in [-0.3, -0.25) is 0 Å². The second-order valence-electron chi connectivity index (χ2n) is 5.79. The van der Waals surface area contributed by atoms with Crippen molar-refractivity contribution >= 4 is 0 Å². The Bertz CT molecular complexity index is 441. The van der Waals surface area contributed by atoms with Gasteiger partial charge in [-0.25, -0.2) is 0 Å². The van der Waals surface area contributed by atoms with Crippen LogP contribution in [0.1, 0.15) is 51.2 Å².